The average molecular weight is 358 g/mol. The first-order valence-corrected chi connectivity index (χ1v) is 7.40. The fourth-order valence-electron chi connectivity index (χ4n) is 2.30. The fraction of sp³-hybridized carbons (Fsp3) is 0.0588. The fourth-order valence-corrected chi connectivity index (χ4v) is 2.79. The minimum absolute atomic E-state index is 0.208. The number of hydrogen-bond donors (Lipinski definition) is 1. The van der Waals surface area contributed by atoms with Crippen molar-refractivity contribution in [3.05, 3.63) is 69.8 Å². The van der Waals surface area contributed by atoms with E-state index in [1.54, 1.807) is 55.6 Å². The molecule has 0 radical (unpaired) electrons. The van der Waals surface area contributed by atoms with Gasteiger partial charge in [-0.05, 0) is 28.1 Å². The maximum Gasteiger partial charge on any atom is 0.211 e. The summed E-state index contributed by atoms with van der Waals surface area (Å²) in [6.07, 6.45) is 0. The lowest BCUT2D eigenvalue weighted by molar-refractivity contribution is 0.0983. The number of ether oxygens (including phenoxy) is 1. The number of nitrogens with one attached hydrogen (secondary N) is 1. The van der Waals surface area contributed by atoms with Crippen molar-refractivity contribution in [2.24, 2.45) is 0 Å². The third-order valence-corrected chi connectivity index (χ3v) is 4.16. The molecule has 1 aliphatic rings. The predicted molar refractivity (Wildman–Crippen MR) is 87.7 cm³/mol. The van der Waals surface area contributed by atoms with Crippen LogP contribution in [0.1, 0.15) is 20.7 Å². The summed E-state index contributed by atoms with van der Waals surface area (Å²) >= 11 is 3.24. The number of halogens is 1. The Kier molecular flexibility index (Phi) is 3.81. The van der Waals surface area contributed by atoms with E-state index in [-0.39, 0.29) is 21.7 Å². The van der Waals surface area contributed by atoms with Gasteiger partial charge in [-0.2, -0.15) is 0 Å². The third kappa shape index (κ3) is 2.44. The van der Waals surface area contributed by atoms with Gasteiger partial charge in [-0.1, -0.05) is 30.3 Å². The molecule has 3 rings (SSSR count). The van der Waals surface area contributed by atoms with Crippen LogP contribution in [0.2, 0.25) is 0 Å². The molecule has 2 aromatic rings. The van der Waals surface area contributed by atoms with E-state index < -0.39 is 0 Å². The van der Waals surface area contributed by atoms with Crippen LogP contribution < -0.4 is 10.1 Å². The van der Waals surface area contributed by atoms with Crippen molar-refractivity contribution in [2.75, 3.05) is 12.4 Å². The molecule has 0 bridgehead atoms. The molecule has 0 spiro atoms. The summed E-state index contributed by atoms with van der Waals surface area (Å²) in [5.74, 6) is 0.238. The largest absolute Gasteiger partial charge is 0.497 e. The van der Waals surface area contributed by atoms with Gasteiger partial charge in [0.2, 0.25) is 11.6 Å². The smallest absolute Gasteiger partial charge is 0.211 e. The molecule has 0 heterocycles. The van der Waals surface area contributed by atoms with Gasteiger partial charge in [-0.15, -0.1) is 0 Å². The Bertz CT molecular complexity index is 811. The van der Waals surface area contributed by atoms with Gasteiger partial charge in [0.25, 0.3) is 0 Å². The van der Waals surface area contributed by atoms with E-state index in [1.807, 2.05) is 0 Å². The first-order valence-electron chi connectivity index (χ1n) is 6.61. The van der Waals surface area contributed by atoms with Gasteiger partial charge in [0.05, 0.1) is 11.6 Å². The number of carbonyl (C=O) groups excluding carboxylic acids is 2. The van der Waals surface area contributed by atoms with Crippen molar-refractivity contribution in [2.45, 2.75) is 0 Å². The Balaban J connectivity index is 2.01. The summed E-state index contributed by atoms with van der Waals surface area (Å²) in [4.78, 5) is 25.0. The first-order chi connectivity index (χ1) is 10.6. The van der Waals surface area contributed by atoms with Gasteiger partial charge in [-0.3, -0.25) is 9.59 Å². The number of methoxy groups -OCH3 is 1. The van der Waals surface area contributed by atoms with Crippen molar-refractivity contribution >= 4 is 33.2 Å². The van der Waals surface area contributed by atoms with Crippen molar-refractivity contribution in [1.29, 1.82) is 0 Å². The molecule has 0 aliphatic heterocycles. The van der Waals surface area contributed by atoms with Crippen LogP contribution in [-0.2, 0) is 0 Å². The molecule has 1 N–H and O–H groups in total. The van der Waals surface area contributed by atoms with Crippen LogP contribution in [0, 0.1) is 0 Å². The number of rotatable bonds is 3. The second-order valence-corrected chi connectivity index (χ2v) is 5.54. The number of anilines is 1. The number of carbonyl (C=O) groups is 2. The lowest BCUT2D eigenvalue weighted by Gasteiger charge is -2.19. The monoisotopic (exact) mass is 357 g/mol. The number of benzene rings is 2. The molecule has 0 fully saturated rings. The molecule has 0 amide bonds. The molecular formula is C17H12BrNO3. The standard InChI is InChI=1S/C17H12BrNO3/c1-22-11-6-4-5-10(9-11)19-15-14(18)16(20)12-7-2-3-8-13(12)17(15)21/h2-9,19H,1H3. The minimum Gasteiger partial charge on any atom is -0.497 e. The Morgan fingerprint density at radius 2 is 1.64 bits per heavy atom. The van der Waals surface area contributed by atoms with E-state index in [9.17, 15) is 9.59 Å². The van der Waals surface area contributed by atoms with E-state index in [4.69, 9.17) is 4.74 Å². The van der Waals surface area contributed by atoms with Crippen molar-refractivity contribution in [1.82, 2.24) is 0 Å². The number of Topliss-reactive ketones (excluding diaryl/α,β-unsaturated/α-hetero) is 2. The normalized spacial score (nSPS) is 13.9. The average Bonchev–Trinajstić information content (AvgIpc) is 2.57. The van der Waals surface area contributed by atoms with E-state index in [2.05, 4.69) is 21.2 Å². The zero-order valence-electron chi connectivity index (χ0n) is 11.7. The lowest BCUT2D eigenvalue weighted by Crippen LogP contribution is -2.24. The summed E-state index contributed by atoms with van der Waals surface area (Å²) in [7, 11) is 1.57. The van der Waals surface area contributed by atoms with Crippen LogP contribution in [-0.4, -0.2) is 18.7 Å². The number of allylic oxidation sites excluding steroid dienone is 2. The maximum atomic E-state index is 12.6. The van der Waals surface area contributed by atoms with Gasteiger partial charge in [0.1, 0.15) is 11.4 Å². The van der Waals surface area contributed by atoms with Crippen molar-refractivity contribution in [3.8, 4) is 5.75 Å². The van der Waals surface area contributed by atoms with Gasteiger partial charge < -0.3 is 10.1 Å². The molecule has 0 atom stereocenters. The Morgan fingerprint density at radius 1 is 0.955 bits per heavy atom. The van der Waals surface area contributed by atoms with Crippen LogP contribution in [0.15, 0.2) is 58.7 Å². The first kappa shape index (κ1) is 14.5. The molecule has 1 aliphatic carbocycles. The SMILES string of the molecule is COc1cccc(NC2=C(Br)C(=O)c3ccccc3C2=O)c1. The van der Waals surface area contributed by atoms with E-state index in [0.29, 0.717) is 22.6 Å². The summed E-state index contributed by atoms with van der Waals surface area (Å²) in [6, 6.07) is 14.0. The van der Waals surface area contributed by atoms with Gasteiger partial charge in [0, 0.05) is 22.9 Å². The van der Waals surface area contributed by atoms with Crippen LogP contribution in [0.3, 0.4) is 0 Å². The summed E-state index contributed by atoms with van der Waals surface area (Å²) < 4.78 is 5.39. The van der Waals surface area contributed by atoms with Crippen LogP contribution in [0.25, 0.3) is 0 Å². The molecule has 0 aromatic heterocycles. The topological polar surface area (TPSA) is 55.4 Å². The Labute approximate surface area is 135 Å². The molecule has 110 valence electrons. The molecule has 22 heavy (non-hydrogen) atoms. The van der Waals surface area contributed by atoms with Gasteiger partial charge in [0.15, 0.2) is 0 Å². The summed E-state index contributed by atoms with van der Waals surface area (Å²) in [5, 5.41) is 3.01. The van der Waals surface area contributed by atoms with E-state index >= 15 is 0 Å². The molecule has 0 saturated carbocycles. The molecule has 4 nitrogen and oxygen atoms in total. The highest BCUT2D eigenvalue weighted by atomic mass is 79.9. The maximum absolute atomic E-state index is 12.6. The van der Waals surface area contributed by atoms with Crippen LogP contribution in [0.5, 0.6) is 5.75 Å². The van der Waals surface area contributed by atoms with Gasteiger partial charge >= 0.3 is 0 Å². The Hall–Kier alpha value is -2.40. The van der Waals surface area contributed by atoms with Crippen molar-refractivity contribution < 1.29 is 14.3 Å². The third-order valence-electron chi connectivity index (χ3n) is 3.40. The number of fused-ring (bicyclic) bond motifs is 1. The molecule has 2 aromatic carbocycles. The number of ketones is 2. The van der Waals surface area contributed by atoms with Gasteiger partial charge in [-0.25, -0.2) is 0 Å². The second-order valence-electron chi connectivity index (χ2n) is 4.75. The molecule has 0 unspecified atom stereocenters. The van der Waals surface area contributed by atoms with E-state index in [1.165, 1.54) is 0 Å². The van der Waals surface area contributed by atoms with E-state index in [0.717, 1.165) is 0 Å². The highest BCUT2D eigenvalue weighted by molar-refractivity contribution is 9.12. The lowest BCUT2D eigenvalue weighted by atomic mass is 9.92. The zero-order chi connectivity index (χ0) is 15.7. The quantitative estimate of drug-likeness (QED) is 0.907. The molecule has 0 saturated heterocycles. The number of hydrogen-bond acceptors (Lipinski definition) is 4. The summed E-state index contributed by atoms with van der Waals surface area (Å²) in [6.45, 7) is 0. The molecule has 5 heteroatoms. The van der Waals surface area contributed by atoms with Crippen molar-refractivity contribution in [3.63, 3.8) is 0 Å². The zero-order valence-corrected chi connectivity index (χ0v) is 13.3. The highest BCUT2D eigenvalue weighted by Crippen LogP contribution is 2.31. The Morgan fingerprint density at radius 3 is 2.32 bits per heavy atom. The predicted octanol–water partition coefficient (Wildman–Crippen LogP) is 3.79. The van der Waals surface area contributed by atoms with Crippen LogP contribution in [0.4, 0.5) is 5.69 Å². The van der Waals surface area contributed by atoms with Crippen LogP contribution >= 0.6 is 15.9 Å². The highest BCUT2D eigenvalue weighted by Gasteiger charge is 2.30. The second kappa shape index (κ2) is 5.77. The summed E-state index contributed by atoms with van der Waals surface area (Å²) in [5.41, 5.74) is 1.72. The minimum atomic E-state index is -0.218. The molecular weight excluding hydrogens is 346 g/mol.